The van der Waals surface area contributed by atoms with E-state index in [-0.39, 0.29) is 30.2 Å². The van der Waals surface area contributed by atoms with Crippen LogP contribution in [0.5, 0.6) is 0 Å². The summed E-state index contributed by atoms with van der Waals surface area (Å²) in [5.74, 6) is 0.644. The second kappa shape index (κ2) is 14.4. The summed E-state index contributed by atoms with van der Waals surface area (Å²) < 4.78 is 10.7. The molecule has 12 heteroatoms. The number of hydrogen-bond donors (Lipinski definition) is 2. The first-order chi connectivity index (χ1) is 17.3. The first-order valence-corrected chi connectivity index (χ1v) is 12.8. The van der Waals surface area contributed by atoms with E-state index in [0.717, 1.165) is 18.5 Å². The third-order valence-corrected chi connectivity index (χ3v) is 6.68. The molecule has 2 aliphatic rings. The number of hydrogen-bond acceptors (Lipinski definition) is 7. The van der Waals surface area contributed by atoms with Crippen LogP contribution in [0.25, 0.3) is 0 Å². The Morgan fingerprint density at radius 1 is 1.06 bits per heavy atom. The van der Waals surface area contributed by atoms with Crippen molar-refractivity contribution in [3.63, 3.8) is 0 Å². The van der Waals surface area contributed by atoms with Crippen LogP contribution in [0.3, 0.4) is 0 Å². The van der Waals surface area contributed by atoms with E-state index in [4.69, 9.17) is 32.7 Å². The van der Waals surface area contributed by atoms with Gasteiger partial charge in [0.1, 0.15) is 12.4 Å². The number of hydrazone groups is 1. The normalized spacial score (nSPS) is 16.1. The molecule has 0 aromatic heterocycles. The van der Waals surface area contributed by atoms with Gasteiger partial charge in [-0.25, -0.2) is 0 Å². The number of amides is 3. The summed E-state index contributed by atoms with van der Waals surface area (Å²) in [5, 5.41) is 12.8. The number of amidine groups is 1. The zero-order valence-corrected chi connectivity index (χ0v) is 21.9. The Kier molecular flexibility index (Phi) is 11.2. The quantitative estimate of drug-likeness (QED) is 0.416. The molecule has 0 bridgehead atoms. The van der Waals surface area contributed by atoms with Gasteiger partial charge in [0.25, 0.3) is 0 Å². The van der Waals surface area contributed by atoms with Crippen molar-refractivity contribution >= 4 is 52.4 Å². The molecular weight excluding hydrogens is 509 g/mol. The van der Waals surface area contributed by atoms with Crippen molar-refractivity contribution in [2.45, 2.75) is 32.6 Å². The Bertz CT molecular complexity index is 953. The summed E-state index contributed by atoms with van der Waals surface area (Å²) in [6, 6.07) is 5.32. The van der Waals surface area contributed by atoms with E-state index in [1.54, 1.807) is 22.0 Å². The van der Waals surface area contributed by atoms with Gasteiger partial charge >= 0.3 is 0 Å². The standard InChI is InChI=1S/C24H33Cl2N5O5/c1-17(32)27-7-11-35-12-13-36-16-24(34)30-8-4-18(5-9-30)14-23(33)28-22-6-10-31(29-22)19-2-3-20(25)21(26)15-19/h2-3,15,18H,4-14,16H2,1H3,(H,27,32)(H,28,29,33). The fraction of sp³-hybridized carbons (Fsp3) is 0.583. The summed E-state index contributed by atoms with van der Waals surface area (Å²) in [6.07, 6.45) is 2.58. The largest absolute Gasteiger partial charge is 0.377 e. The van der Waals surface area contributed by atoms with Crippen LogP contribution in [0, 0.1) is 5.92 Å². The summed E-state index contributed by atoms with van der Waals surface area (Å²) in [4.78, 5) is 37.4. The predicted octanol–water partition coefficient (Wildman–Crippen LogP) is 2.43. The number of ether oxygens (including phenoxy) is 2. The van der Waals surface area contributed by atoms with E-state index in [1.807, 2.05) is 6.07 Å². The van der Waals surface area contributed by atoms with Crippen molar-refractivity contribution < 1.29 is 23.9 Å². The highest BCUT2D eigenvalue weighted by molar-refractivity contribution is 6.42. The second-order valence-corrected chi connectivity index (χ2v) is 9.56. The number of carbonyl (C=O) groups is 3. The van der Waals surface area contributed by atoms with Crippen molar-refractivity contribution in [2.24, 2.45) is 11.0 Å². The third kappa shape index (κ3) is 9.24. The van der Waals surface area contributed by atoms with Crippen molar-refractivity contribution in [2.75, 3.05) is 57.6 Å². The van der Waals surface area contributed by atoms with Gasteiger partial charge in [-0.05, 0) is 37.0 Å². The number of halogens is 2. The number of anilines is 1. The maximum Gasteiger partial charge on any atom is 0.248 e. The first kappa shape index (κ1) is 28.2. The molecule has 198 valence electrons. The van der Waals surface area contributed by atoms with E-state index in [1.165, 1.54) is 6.92 Å². The molecule has 0 aliphatic carbocycles. The summed E-state index contributed by atoms with van der Waals surface area (Å²) >= 11 is 12.1. The Morgan fingerprint density at radius 2 is 1.81 bits per heavy atom. The van der Waals surface area contributed by atoms with Crippen molar-refractivity contribution in [3.8, 4) is 0 Å². The molecule has 10 nitrogen and oxygen atoms in total. The van der Waals surface area contributed by atoms with Crippen LogP contribution in [-0.2, 0) is 23.9 Å². The molecule has 0 atom stereocenters. The zero-order chi connectivity index (χ0) is 25.9. The lowest BCUT2D eigenvalue weighted by molar-refractivity contribution is -0.138. The number of nitrogens with one attached hydrogen (secondary N) is 2. The maximum absolute atomic E-state index is 12.5. The van der Waals surface area contributed by atoms with E-state index in [0.29, 0.717) is 74.7 Å². The number of rotatable bonds is 11. The van der Waals surface area contributed by atoms with E-state index in [2.05, 4.69) is 15.7 Å². The van der Waals surface area contributed by atoms with Gasteiger partial charge in [0.15, 0.2) is 0 Å². The zero-order valence-electron chi connectivity index (χ0n) is 20.4. The Balaban J connectivity index is 1.29. The van der Waals surface area contributed by atoms with Crippen LogP contribution in [0.4, 0.5) is 5.69 Å². The van der Waals surface area contributed by atoms with Gasteiger partial charge in [-0.15, -0.1) is 0 Å². The van der Waals surface area contributed by atoms with Gasteiger partial charge in [-0.3, -0.25) is 19.4 Å². The smallest absolute Gasteiger partial charge is 0.248 e. The molecule has 0 unspecified atom stereocenters. The van der Waals surface area contributed by atoms with Crippen LogP contribution >= 0.6 is 23.2 Å². The highest BCUT2D eigenvalue weighted by Gasteiger charge is 2.25. The average molecular weight is 542 g/mol. The molecule has 2 heterocycles. The molecule has 1 aromatic carbocycles. The van der Waals surface area contributed by atoms with E-state index < -0.39 is 0 Å². The number of likely N-dealkylation sites (tertiary alicyclic amines) is 1. The van der Waals surface area contributed by atoms with Crippen LogP contribution in [0.1, 0.15) is 32.6 Å². The number of nitrogens with zero attached hydrogens (tertiary/aromatic N) is 3. The fourth-order valence-electron chi connectivity index (χ4n) is 4.01. The van der Waals surface area contributed by atoms with Gasteiger partial charge in [0, 0.05) is 45.9 Å². The Morgan fingerprint density at radius 3 is 2.53 bits per heavy atom. The van der Waals surface area contributed by atoms with Gasteiger partial charge in [-0.1, -0.05) is 23.2 Å². The second-order valence-electron chi connectivity index (χ2n) is 8.74. The van der Waals surface area contributed by atoms with Gasteiger partial charge < -0.3 is 25.0 Å². The summed E-state index contributed by atoms with van der Waals surface area (Å²) in [5.41, 5.74) is 0.823. The SMILES string of the molecule is CC(=O)NCCOCCOCC(=O)N1CCC(CC(=O)NC2=NN(c3ccc(Cl)c(Cl)c3)CC2)CC1. The predicted molar refractivity (Wildman–Crippen MR) is 138 cm³/mol. The van der Waals surface area contributed by atoms with E-state index >= 15 is 0 Å². The molecule has 0 spiro atoms. The highest BCUT2D eigenvalue weighted by atomic mass is 35.5. The maximum atomic E-state index is 12.5. The van der Waals surface area contributed by atoms with Gasteiger partial charge in [0.2, 0.25) is 17.7 Å². The minimum atomic E-state index is -0.0965. The first-order valence-electron chi connectivity index (χ1n) is 12.1. The molecule has 0 radical (unpaired) electrons. The highest BCUT2D eigenvalue weighted by Crippen LogP contribution is 2.28. The molecule has 2 aliphatic heterocycles. The lowest BCUT2D eigenvalue weighted by atomic mass is 9.93. The van der Waals surface area contributed by atoms with Crippen LogP contribution in [0.2, 0.25) is 10.0 Å². The molecule has 36 heavy (non-hydrogen) atoms. The summed E-state index contributed by atoms with van der Waals surface area (Å²) in [7, 11) is 0. The van der Waals surface area contributed by atoms with E-state index in [9.17, 15) is 14.4 Å². The monoisotopic (exact) mass is 541 g/mol. The van der Waals surface area contributed by atoms with Gasteiger partial charge in [-0.2, -0.15) is 5.10 Å². The topological polar surface area (TPSA) is 113 Å². The fourth-order valence-corrected chi connectivity index (χ4v) is 4.30. The molecule has 3 amide bonds. The van der Waals surface area contributed by atoms with Crippen molar-refractivity contribution in [3.05, 3.63) is 28.2 Å². The molecule has 1 saturated heterocycles. The molecular formula is C24H33Cl2N5O5. The number of benzene rings is 1. The minimum absolute atomic E-state index is 0.00929. The average Bonchev–Trinajstić information content (AvgIpc) is 3.31. The lowest BCUT2D eigenvalue weighted by Crippen LogP contribution is -2.41. The van der Waals surface area contributed by atoms with Crippen LogP contribution in [0.15, 0.2) is 23.3 Å². The van der Waals surface area contributed by atoms with Crippen LogP contribution in [-0.4, -0.2) is 81.1 Å². The molecule has 1 aromatic rings. The number of carbonyl (C=O) groups excluding carboxylic acids is 3. The Hall–Kier alpha value is -2.40. The lowest BCUT2D eigenvalue weighted by Gasteiger charge is -2.31. The van der Waals surface area contributed by atoms with Crippen LogP contribution < -0.4 is 15.6 Å². The van der Waals surface area contributed by atoms with Crippen molar-refractivity contribution in [1.82, 2.24) is 15.5 Å². The molecule has 1 fully saturated rings. The van der Waals surface area contributed by atoms with Crippen molar-refractivity contribution in [1.29, 1.82) is 0 Å². The molecule has 0 saturated carbocycles. The minimum Gasteiger partial charge on any atom is -0.377 e. The molecule has 3 rings (SSSR count). The number of piperidine rings is 1. The van der Waals surface area contributed by atoms with Gasteiger partial charge in [0.05, 0.1) is 35.6 Å². The third-order valence-electron chi connectivity index (χ3n) is 5.95. The Labute approximate surface area is 221 Å². The molecule has 2 N–H and O–H groups in total. The summed E-state index contributed by atoms with van der Waals surface area (Å²) in [6.45, 7) is 4.86.